The maximum absolute atomic E-state index is 11.9. The molecule has 22 heavy (non-hydrogen) atoms. The summed E-state index contributed by atoms with van der Waals surface area (Å²) < 4.78 is 10.6. The van der Waals surface area contributed by atoms with Crippen LogP contribution in [-0.4, -0.2) is 19.4 Å². The van der Waals surface area contributed by atoms with Crippen LogP contribution in [0.4, 0.5) is 4.79 Å². The summed E-state index contributed by atoms with van der Waals surface area (Å²) in [6.07, 6.45) is 0.747. The zero-order valence-corrected chi connectivity index (χ0v) is 13.1. The Balaban J connectivity index is 1.44. The van der Waals surface area contributed by atoms with Gasteiger partial charge >= 0.3 is 6.03 Å². The van der Waals surface area contributed by atoms with Gasteiger partial charge in [-0.2, -0.15) is 0 Å². The number of benzene rings is 1. The van der Waals surface area contributed by atoms with E-state index in [1.807, 2.05) is 42.6 Å². The second-order valence-electron chi connectivity index (χ2n) is 5.07. The van der Waals surface area contributed by atoms with Crippen molar-refractivity contribution in [2.75, 3.05) is 13.3 Å². The van der Waals surface area contributed by atoms with Gasteiger partial charge in [0.1, 0.15) is 0 Å². The normalized spacial score (nSPS) is 13.7. The first kappa shape index (κ1) is 14.7. The van der Waals surface area contributed by atoms with Crippen LogP contribution in [0.3, 0.4) is 0 Å². The third kappa shape index (κ3) is 3.51. The minimum absolute atomic E-state index is 0.0190. The highest BCUT2D eigenvalue weighted by atomic mass is 32.1. The molecule has 6 heteroatoms. The predicted octanol–water partition coefficient (Wildman–Crippen LogP) is 3.08. The molecule has 0 aliphatic carbocycles. The van der Waals surface area contributed by atoms with Crippen LogP contribution < -0.4 is 20.1 Å². The van der Waals surface area contributed by atoms with Gasteiger partial charge in [0.2, 0.25) is 6.79 Å². The molecule has 0 saturated carbocycles. The first-order valence-electron chi connectivity index (χ1n) is 7.18. The largest absolute Gasteiger partial charge is 0.454 e. The number of hydrogen-bond donors (Lipinski definition) is 2. The minimum Gasteiger partial charge on any atom is -0.454 e. The molecule has 1 aliphatic rings. The van der Waals surface area contributed by atoms with Gasteiger partial charge in [-0.1, -0.05) is 12.1 Å². The van der Waals surface area contributed by atoms with Gasteiger partial charge in [-0.25, -0.2) is 4.79 Å². The topological polar surface area (TPSA) is 59.6 Å². The van der Waals surface area contributed by atoms with E-state index in [1.165, 1.54) is 0 Å². The van der Waals surface area contributed by atoms with Crippen molar-refractivity contribution >= 4 is 17.4 Å². The van der Waals surface area contributed by atoms with Crippen LogP contribution in [0.15, 0.2) is 35.7 Å². The summed E-state index contributed by atoms with van der Waals surface area (Å²) in [5, 5.41) is 7.81. The van der Waals surface area contributed by atoms with E-state index < -0.39 is 0 Å². The van der Waals surface area contributed by atoms with E-state index in [1.54, 1.807) is 11.3 Å². The number of nitrogens with one attached hydrogen (secondary N) is 2. The Kier molecular flexibility index (Phi) is 4.48. The molecule has 1 aromatic heterocycles. The highest BCUT2D eigenvalue weighted by molar-refractivity contribution is 7.10. The van der Waals surface area contributed by atoms with Gasteiger partial charge in [-0.15, -0.1) is 11.3 Å². The highest BCUT2D eigenvalue weighted by Gasteiger charge is 2.13. The highest BCUT2D eigenvalue weighted by Crippen LogP contribution is 2.32. The lowest BCUT2D eigenvalue weighted by atomic mass is 10.1. The first-order valence-corrected chi connectivity index (χ1v) is 8.06. The van der Waals surface area contributed by atoms with Crippen molar-refractivity contribution in [3.05, 3.63) is 46.2 Å². The predicted molar refractivity (Wildman–Crippen MR) is 85.5 cm³/mol. The maximum Gasteiger partial charge on any atom is 0.315 e. The molecule has 3 rings (SSSR count). The molecule has 0 saturated heterocycles. The average Bonchev–Trinajstić information content (AvgIpc) is 3.18. The van der Waals surface area contributed by atoms with Crippen LogP contribution in [0.25, 0.3) is 0 Å². The van der Waals surface area contributed by atoms with Crippen molar-refractivity contribution in [2.24, 2.45) is 0 Å². The molecule has 1 aliphatic heterocycles. The Hall–Kier alpha value is -2.21. The Labute approximate surface area is 133 Å². The van der Waals surface area contributed by atoms with Crippen molar-refractivity contribution in [3.8, 4) is 11.5 Å². The Morgan fingerprint density at radius 1 is 1.32 bits per heavy atom. The number of rotatable bonds is 5. The van der Waals surface area contributed by atoms with E-state index in [4.69, 9.17) is 9.47 Å². The van der Waals surface area contributed by atoms with E-state index >= 15 is 0 Å². The number of thiophene rings is 1. The number of fused-ring (bicyclic) bond motifs is 1. The quantitative estimate of drug-likeness (QED) is 0.890. The van der Waals surface area contributed by atoms with Gasteiger partial charge in [-0.3, -0.25) is 0 Å². The molecule has 0 fully saturated rings. The van der Waals surface area contributed by atoms with Crippen molar-refractivity contribution in [3.63, 3.8) is 0 Å². The van der Waals surface area contributed by atoms with Crippen LogP contribution in [0, 0.1) is 0 Å². The molecule has 116 valence electrons. The molecule has 0 spiro atoms. The monoisotopic (exact) mass is 318 g/mol. The van der Waals surface area contributed by atoms with E-state index in [2.05, 4.69) is 10.6 Å². The summed E-state index contributed by atoms with van der Waals surface area (Å²) in [5.41, 5.74) is 1.11. The summed E-state index contributed by atoms with van der Waals surface area (Å²) in [5.74, 6) is 1.55. The Morgan fingerprint density at radius 3 is 3.00 bits per heavy atom. The molecule has 1 aromatic carbocycles. The third-order valence-electron chi connectivity index (χ3n) is 3.45. The second kappa shape index (κ2) is 6.70. The smallest absolute Gasteiger partial charge is 0.315 e. The third-order valence-corrected chi connectivity index (χ3v) is 4.51. The molecule has 1 unspecified atom stereocenters. The fraction of sp³-hybridized carbons (Fsp3) is 0.312. The molecule has 5 nitrogen and oxygen atoms in total. The number of hydrogen-bond acceptors (Lipinski definition) is 4. The molecule has 2 aromatic rings. The molecule has 1 atom stereocenters. The standard InChI is InChI=1S/C16H18N2O3S/c1-11(15-3-2-8-22-15)18-16(19)17-7-6-12-4-5-13-14(9-12)21-10-20-13/h2-5,8-9,11H,6-7,10H2,1H3,(H2,17,18,19). The van der Waals surface area contributed by atoms with Gasteiger partial charge in [-0.05, 0) is 42.5 Å². The summed E-state index contributed by atoms with van der Waals surface area (Å²) in [7, 11) is 0. The van der Waals surface area contributed by atoms with Crippen LogP contribution in [0.5, 0.6) is 11.5 Å². The molecule has 2 amide bonds. The Morgan fingerprint density at radius 2 is 2.18 bits per heavy atom. The number of carbonyl (C=O) groups is 1. The van der Waals surface area contributed by atoms with Crippen LogP contribution in [0.2, 0.25) is 0 Å². The molecular weight excluding hydrogens is 300 g/mol. The lowest BCUT2D eigenvalue weighted by Gasteiger charge is -2.13. The number of ether oxygens (including phenoxy) is 2. The van der Waals surface area contributed by atoms with Gasteiger partial charge in [0.05, 0.1) is 6.04 Å². The van der Waals surface area contributed by atoms with E-state index in [0.717, 1.165) is 28.4 Å². The summed E-state index contributed by atoms with van der Waals surface area (Å²) >= 11 is 1.64. The zero-order chi connectivity index (χ0) is 15.4. The van der Waals surface area contributed by atoms with Crippen LogP contribution >= 0.6 is 11.3 Å². The first-order chi connectivity index (χ1) is 10.7. The molecule has 2 heterocycles. The van der Waals surface area contributed by atoms with Gasteiger partial charge in [0.15, 0.2) is 11.5 Å². The molecule has 2 N–H and O–H groups in total. The van der Waals surface area contributed by atoms with Crippen LogP contribution in [0.1, 0.15) is 23.4 Å². The van der Waals surface area contributed by atoms with E-state index in [-0.39, 0.29) is 18.9 Å². The SMILES string of the molecule is CC(NC(=O)NCCc1ccc2c(c1)OCO2)c1cccs1. The van der Waals surface area contributed by atoms with Crippen molar-refractivity contribution in [1.29, 1.82) is 0 Å². The summed E-state index contributed by atoms with van der Waals surface area (Å²) in [6.45, 7) is 2.83. The van der Waals surface area contributed by atoms with E-state index in [9.17, 15) is 4.79 Å². The number of carbonyl (C=O) groups excluding carboxylic acids is 1. The van der Waals surface area contributed by atoms with Crippen molar-refractivity contribution in [1.82, 2.24) is 10.6 Å². The van der Waals surface area contributed by atoms with Crippen molar-refractivity contribution < 1.29 is 14.3 Å². The van der Waals surface area contributed by atoms with Gasteiger partial charge in [0.25, 0.3) is 0 Å². The maximum atomic E-state index is 11.9. The fourth-order valence-electron chi connectivity index (χ4n) is 2.27. The average molecular weight is 318 g/mol. The summed E-state index contributed by atoms with van der Waals surface area (Å²) in [4.78, 5) is 13.0. The summed E-state index contributed by atoms with van der Waals surface area (Å²) in [6, 6.07) is 9.71. The lowest BCUT2D eigenvalue weighted by molar-refractivity contribution is 0.174. The zero-order valence-electron chi connectivity index (χ0n) is 12.3. The number of urea groups is 1. The second-order valence-corrected chi connectivity index (χ2v) is 6.05. The lowest BCUT2D eigenvalue weighted by Crippen LogP contribution is -2.37. The van der Waals surface area contributed by atoms with Crippen molar-refractivity contribution in [2.45, 2.75) is 19.4 Å². The van der Waals surface area contributed by atoms with Gasteiger partial charge < -0.3 is 20.1 Å². The fourth-order valence-corrected chi connectivity index (χ4v) is 3.01. The van der Waals surface area contributed by atoms with Crippen LogP contribution in [-0.2, 0) is 6.42 Å². The van der Waals surface area contributed by atoms with E-state index in [0.29, 0.717) is 6.54 Å². The molecule has 0 radical (unpaired) electrons. The number of amides is 2. The minimum atomic E-state index is -0.151. The molecular formula is C16H18N2O3S. The van der Waals surface area contributed by atoms with Gasteiger partial charge in [0, 0.05) is 11.4 Å². The molecule has 0 bridgehead atoms. The Bertz CT molecular complexity index is 643.